The summed E-state index contributed by atoms with van der Waals surface area (Å²) in [7, 11) is 0. The van der Waals surface area contributed by atoms with Crippen molar-refractivity contribution < 1.29 is 4.39 Å². The fraction of sp³-hybridized carbons (Fsp3) is 0.571. The first-order valence-electron chi connectivity index (χ1n) is 6.42. The molecule has 0 spiro atoms. The van der Waals surface area contributed by atoms with E-state index in [0.717, 1.165) is 43.2 Å². The maximum absolute atomic E-state index is 13.1. The van der Waals surface area contributed by atoms with Crippen LogP contribution < -0.4 is 10.6 Å². The Kier molecular flexibility index (Phi) is 4.51. The molecule has 0 aliphatic carbocycles. The summed E-state index contributed by atoms with van der Waals surface area (Å²) in [6.45, 7) is 5.97. The molecule has 2 rings (SSSR count). The number of rotatable bonds is 4. The molecule has 1 unspecified atom stereocenters. The van der Waals surface area contributed by atoms with E-state index in [-0.39, 0.29) is 5.82 Å². The average molecular weight is 236 g/mol. The molecule has 1 aliphatic rings. The summed E-state index contributed by atoms with van der Waals surface area (Å²) in [5.41, 5.74) is 1.89. The molecule has 2 N–H and O–H groups in total. The SMILES string of the molecule is Cc1cc(CNCC2CCCNC2)ccc1F. The number of piperidine rings is 1. The zero-order valence-electron chi connectivity index (χ0n) is 10.4. The molecule has 1 heterocycles. The third-order valence-electron chi connectivity index (χ3n) is 3.38. The van der Waals surface area contributed by atoms with Crippen LogP contribution in [0.15, 0.2) is 18.2 Å². The number of hydrogen-bond acceptors (Lipinski definition) is 2. The molecular formula is C14H21FN2. The normalized spacial score (nSPS) is 20.5. The highest BCUT2D eigenvalue weighted by Gasteiger charge is 2.11. The van der Waals surface area contributed by atoms with Crippen LogP contribution in [-0.4, -0.2) is 19.6 Å². The van der Waals surface area contributed by atoms with Gasteiger partial charge in [-0.3, -0.25) is 0 Å². The minimum absolute atomic E-state index is 0.120. The van der Waals surface area contributed by atoms with Gasteiger partial charge in [-0.15, -0.1) is 0 Å². The Morgan fingerprint density at radius 3 is 3.06 bits per heavy atom. The first kappa shape index (κ1) is 12.5. The molecule has 0 amide bonds. The lowest BCUT2D eigenvalue weighted by Gasteiger charge is -2.23. The van der Waals surface area contributed by atoms with Gasteiger partial charge in [0.05, 0.1) is 0 Å². The zero-order valence-corrected chi connectivity index (χ0v) is 10.4. The van der Waals surface area contributed by atoms with Crippen molar-refractivity contribution in [3.8, 4) is 0 Å². The van der Waals surface area contributed by atoms with E-state index in [1.54, 1.807) is 6.07 Å². The lowest BCUT2D eigenvalue weighted by molar-refractivity contribution is 0.360. The molecule has 1 aliphatic heterocycles. The molecule has 3 heteroatoms. The van der Waals surface area contributed by atoms with Gasteiger partial charge in [-0.1, -0.05) is 12.1 Å². The van der Waals surface area contributed by atoms with Gasteiger partial charge in [0.15, 0.2) is 0 Å². The van der Waals surface area contributed by atoms with Crippen molar-refractivity contribution in [2.24, 2.45) is 5.92 Å². The smallest absolute Gasteiger partial charge is 0.126 e. The second-order valence-corrected chi connectivity index (χ2v) is 4.93. The molecule has 1 saturated heterocycles. The maximum atomic E-state index is 13.1. The Labute approximate surface area is 103 Å². The summed E-state index contributed by atoms with van der Waals surface area (Å²) < 4.78 is 13.1. The number of nitrogens with one attached hydrogen (secondary N) is 2. The summed E-state index contributed by atoms with van der Waals surface area (Å²) >= 11 is 0. The summed E-state index contributed by atoms with van der Waals surface area (Å²) in [5, 5.41) is 6.87. The topological polar surface area (TPSA) is 24.1 Å². The lowest BCUT2D eigenvalue weighted by atomic mass is 10.00. The van der Waals surface area contributed by atoms with Crippen LogP contribution in [0, 0.1) is 18.7 Å². The first-order chi connectivity index (χ1) is 8.25. The molecule has 17 heavy (non-hydrogen) atoms. The second kappa shape index (κ2) is 6.12. The highest BCUT2D eigenvalue weighted by molar-refractivity contribution is 5.23. The Hall–Kier alpha value is -0.930. The Balaban J connectivity index is 1.75. The molecule has 1 atom stereocenters. The summed E-state index contributed by atoms with van der Waals surface area (Å²) in [5.74, 6) is 0.621. The van der Waals surface area contributed by atoms with Crippen LogP contribution in [0.2, 0.25) is 0 Å². The molecule has 0 saturated carbocycles. The number of hydrogen-bond donors (Lipinski definition) is 2. The number of aryl methyl sites for hydroxylation is 1. The van der Waals surface area contributed by atoms with Crippen LogP contribution in [0.5, 0.6) is 0 Å². The van der Waals surface area contributed by atoms with Gasteiger partial charge < -0.3 is 10.6 Å². The van der Waals surface area contributed by atoms with Gasteiger partial charge >= 0.3 is 0 Å². The summed E-state index contributed by atoms with van der Waals surface area (Å²) in [4.78, 5) is 0. The zero-order chi connectivity index (χ0) is 12.1. The average Bonchev–Trinajstić information content (AvgIpc) is 2.35. The molecule has 2 nitrogen and oxygen atoms in total. The van der Waals surface area contributed by atoms with Crippen LogP contribution in [-0.2, 0) is 6.54 Å². The monoisotopic (exact) mass is 236 g/mol. The summed E-state index contributed by atoms with van der Waals surface area (Å²) in [6.07, 6.45) is 2.59. The highest BCUT2D eigenvalue weighted by Crippen LogP contribution is 2.11. The van der Waals surface area contributed by atoms with E-state index in [9.17, 15) is 4.39 Å². The lowest BCUT2D eigenvalue weighted by Crippen LogP contribution is -2.35. The first-order valence-corrected chi connectivity index (χ1v) is 6.42. The van der Waals surface area contributed by atoms with Crippen molar-refractivity contribution in [1.29, 1.82) is 0 Å². The Morgan fingerprint density at radius 2 is 2.35 bits per heavy atom. The Morgan fingerprint density at radius 1 is 1.47 bits per heavy atom. The maximum Gasteiger partial charge on any atom is 0.126 e. The van der Waals surface area contributed by atoms with Gasteiger partial charge in [-0.05, 0) is 62.5 Å². The molecule has 1 fully saturated rings. The van der Waals surface area contributed by atoms with E-state index in [1.807, 2.05) is 19.1 Å². The van der Waals surface area contributed by atoms with Crippen molar-refractivity contribution in [2.75, 3.05) is 19.6 Å². The molecule has 1 aromatic rings. The van der Waals surface area contributed by atoms with Gasteiger partial charge in [-0.2, -0.15) is 0 Å². The minimum atomic E-state index is -0.120. The third kappa shape index (κ3) is 3.79. The molecule has 0 radical (unpaired) electrons. The van der Waals surface area contributed by atoms with E-state index < -0.39 is 0 Å². The standard InChI is InChI=1S/C14H21FN2/c1-11-7-12(4-5-14(11)15)8-17-10-13-3-2-6-16-9-13/h4-5,7,13,16-17H,2-3,6,8-10H2,1H3. The van der Waals surface area contributed by atoms with E-state index in [4.69, 9.17) is 0 Å². The fourth-order valence-corrected chi connectivity index (χ4v) is 2.34. The molecular weight excluding hydrogens is 215 g/mol. The predicted molar refractivity (Wildman–Crippen MR) is 68.4 cm³/mol. The number of halogens is 1. The van der Waals surface area contributed by atoms with Crippen LogP contribution >= 0.6 is 0 Å². The minimum Gasteiger partial charge on any atom is -0.316 e. The van der Waals surface area contributed by atoms with Crippen LogP contribution in [0.25, 0.3) is 0 Å². The van der Waals surface area contributed by atoms with Gasteiger partial charge in [0.1, 0.15) is 5.82 Å². The van der Waals surface area contributed by atoms with E-state index >= 15 is 0 Å². The molecule has 1 aromatic carbocycles. The molecule has 94 valence electrons. The van der Waals surface area contributed by atoms with Crippen LogP contribution in [0.4, 0.5) is 4.39 Å². The van der Waals surface area contributed by atoms with E-state index in [0.29, 0.717) is 0 Å². The predicted octanol–water partition coefficient (Wildman–Crippen LogP) is 2.22. The second-order valence-electron chi connectivity index (χ2n) is 4.93. The fourth-order valence-electron chi connectivity index (χ4n) is 2.34. The van der Waals surface area contributed by atoms with Crippen molar-refractivity contribution in [3.63, 3.8) is 0 Å². The van der Waals surface area contributed by atoms with Crippen molar-refractivity contribution >= 4 is 0 Å². The van der Waals surface area contributed by atoms with E-state index in [1.165, 1.54) is 12.8 Å². The van der Waals surface area contributed by atoms with Gasteiger partial charge in [0.25, 0.3) is 0 Å². The van der Waals surface area contributed by atoms with Crippen LogP contribution in [0.1, 0.15) is 24.0 Å². The van der Waals surface area contributed by atoms with Gasteiger partial charge in [-0.25, -0.2) is 4.39 Å². The number of benzene rings is 1. The van der Waals surface area contributed by atoms with Gasteiger partial charge in [0, 0.05) is 6.54 Å². The molecule has 0 bridgehead atoms. The molecule has 0 aromatic heterocycles. The highest BCUT2D eigenvalue weighted by atomic mass is 19.1. The van der Waals surface area contributed by atoms with Crippen LogP contribution in [0.3, 0.4) is 0 Å². The van der Waals surface area contributed by atoms with Crippen molar-refractivity contribution in [1.82, 2.24) is 10.6 Å². The van der Waals surface area contributed by atoms with E-state index in [2.05, 4.69) is 10.6 Å². The Bertz CT molecular complexity index is 359. The third-order valence-corrected chi connectivity index (χ3v) is 3.38. The van der Waals surface area contributed by atoms with Crippen molar-refractivity contribution in [3.05, 3.63) is 35.1 Å². The quantitative estimate of drug-likeness (QED) is 0.837. The summed E-state index contributed by atoms with van der Waals surface area (Å²) in [6, 6.07) is 5.32. The van der Waals surface area contributed by atoms with Crippen molar-refractivity contribution in [2.45, 2.75) is 26.3 Å². The largest absolute Gasteiger partial charge is 0.316 e. The van der Waals surface area contributed by atoms with Gasteiger partial charge in [0.2, 0.25) is 0 Å².